The summed E-state index contributed by atoms with van der Waals surface area (Å²) in [6.07, 6.45) is -1.00. The van der Waals surface area contributed by atoms with Crippen LogP contribution in [0.1, 0.15) is 29.1 Å². The molecule has 0 spiro atoms. The summed E-state index contributed by atoms with van der Waals surface area (Å²) in [5.74, 6) is 0.243. The van der Waals surface area contributed by atoms with Gasteiger partial charge in [0.2, 0.25) is 0 Å². The van der Waals surface area contributed by atoms with E-state index in [4.69, 9.17) is 9.26 Å². The predicted molar refractivity (Wildman–Crippen MR) is 114 cm³/mol. The van der Waals surface area contributed by atoms with Crippen LogP contribution in [0.15, 0.2) is 53.1 Å². The predicted octanol–water partition coefficient (Wildman–Crippen LogP) is 3.51. The van der Waals surface area contributed by atoms with Crippen molar-refractivity contribution in [2.75, 3.05) is 38.2 Å². The van der Waals surface area contributed by atoms with E-state index < -0.39 is 6.10 Å². The first-order valence-electron chi connectivity index (χ1n) is 10.1. The Hall–Kier alpha value is -3.39. The Balaban J connectivity index is 1.57. The molecule has 0 bridgehead atoms. The average Bonchev–Trinajstić information content (AvgIpc) is 3.24. The number of anilines is 1. The Kier molecular flexibility index (Phi) is 5.90. The number of aliphatic hydroxyl groups is 1. The molecule has 2 aromatic carbocycles. The SMILES string of the molecule is COc1ccccc1N1CCN(C(=O)c2c(-c3ccc(F)cc3)noc2C(C)O)CC1. The van der Waals surface area contributed by atoms with Gasteiger partial charge < -0.3 is 24.2 Å². The molecule has 0 aliphatic carbocycles. The van der Waals surface area contributed by atoms with E-state index >= 15 is 0 Å². The van der Waals surface area contributed by atoms with Gasteiger partial charge in [-0.3, -0.25) is 4.79 Å². The van der Waals surface area contributed by atoms with Crippen LogP contribution >= 0.6 is 0 Å². The number of carbonyl (C=O) groups excluding carboxylic acids is 1. The number of hydrogen-bond acceptors (Lipinski definition) is 6. The monoisotopic (exact) mass is 425 g/mol. The first-order chi connectivity index (χ1) is 15.0. The Labute approximate surface area is 179 Å². The van der Waals surface area contributed by atoms with Gasteiger partial charge in [0.1, 0.15) is 28.9 Å². The van der Waals surface area contributed by atoms with Gasteiger partial charge >= 0.3 is 0 Å². The molecule has 1 aliphatic rings. The number of ether oxygens (including phenoxy) is 1. The number of halogens is 1. The quantitative estimate of drug-likeness (QED) is 0.674. The van der Waals surface area contributed by atoms with Crippen LogP contribution in [0.4, 0.5) is 10.1 Å². The Morgan fingerprint density at radius 3 is 2.45 bits per heavy atom. The van der Waals surface area contributed by atoms with Crippen LogP contribution in [-0.2, 0) is 0 Å². The van der Waals surface area contributed by atoms with Gasteiger partial charge in [0.05, 0.1) is 12.8 Å². The van der Waals surface area contributed by atoms with Crippen molar-refractivity contribution in [1.82, 2.24) is 10.1 Å². The normalized spacial score (nSPS) is 15.1. The van der Waals surface area contributed by atoms with Crippen LogP contribution in [0.2, 0.25) is 0 Å². The molecule has 1 atom stereocenters. The Bertz CT molecular complexity index is 1060. The van der Waals surface area contributed by atoms with Crippen LogP contribution in [-0.4, -0.2) is 54.4 Å². The summed E-state index contributed by atoms with van der Waals surface area (Å²) in [6.45, 7) is 3.76. The fraction of sp³-hybridized carbons (Fsp3) is 0.304. The van der Waals surface area contributed by atoms with E-state index in [2.05, 4.69) is 10.1 Å². The van der Waals surface area contributed by atoms with Gasteiger partial charge in [-0.2, -0.15) is 0 Å². The van der Waals surface area contributed by atoms with Crippen molar-refractivity contribution in [2.45, 2.75) is 13.0 Å². The van der Waals surface area contributed by atoms with Gasteiger partial charge in [-0.05, 0) is 43.3 Å². The molecule has 1 saturated heterocycles. The van der Waals surface area contributed by atoms with Crippen molar-refractivity contribution < 1.29 is 23.6 Å². The molecule has 7 nitrogen and oxygen atoms in total. The third kappa shape index (κ3) is 4.11. The molecule has 4 rings (SSSR count). The molecule has 1 N–H and O–H groups in total. The molecule has 1 unspecified atom stereocenters. The maximum absolute atomic E-state index is 13.4. The van der Waals surface area contributed by atoms with Crippen molar-refractivity contribution in [3.8, 4) is 17.0 Å². The van der Waals surface area contributed by atoms with Gasteiger partial charge in [0.15, 0.2) is 5.76 Å². The van der Waals surface area contributed by atoms with Gasteiger partial charge in [-0.1, -0.05) is 17.3 Å². The van der Waals surface area contributed by atoms with Gasteiger partial charge in [0, 0.05) is 31.7 Å². The number of para-hydroxylation sites is 2. The second-order valence-electron chi connectivity index (χ2n) is 7.40. The molecule has 8 heteroatoms. The third-order valence-electron chi connectivity index (χ3n) is 5.42. The molecule has 31 heavy (non-hydrogen) atoms. The largest absolute Gasteiger partial charge is 0.495 e. The standard InChI is InChI=1S/C23H24FN3O4/c1-15(28)22-20(21(25-31-22)16-7-9-17(24)10-8-16)23(29)27-13-11-26(12-14-27)18-5-3-4-6-19(18)30-2/h3-10,15,28H,11-14H2,1-2H3. The lowest BCUT2D eigenvalue weighted by atomic mass is 10.0. The third-order valence-corrected chi connectivity index (χ3v) is 5.42. The number of aromatic nitrogens is 1. The van der Waals surface area contributed by atoms with E-state index in [9.17, 15) is 14.3 Å². The second-order valence-corrected chi connectivity index (χ2v) is 7.40. The maximum atomic E-state index is 13.4. The molecular weight excluding hydrogens is 401 g/mol. The number of methoxy groups -OCH3 is 1. The van der Waals surface area contributed by atoms with E-state index in [-0.39, 0.29) is 23.0 Å². The highest BCUT2D eigenvalue weighted by molar-refractivity contribution is 6.01. The molecule has 1 fully saturated rings. The maximum Gasteiger partial charge on any atom is 0.259 e. The minimum Gasteiger partial charge on any atom is -0.495 e. The Morgan fingerprint density at radius 1 is 1.13 bits per heavy atom. The summed E-state index contributed by atoms with van der Waals surface area (Å²) in [6, 6.07) is 13.4. The zero-order chi connectivity index (χ0) is 22.0. The highest BCUT2D eigenvalue weighted by atomic mass is 19.1. The summed E-state index contributed by atoms with van der Waals surface area (Å²) in [5.41, 5.74) is 2.05. The molecule has 162 valence electrons. The van der Waals surface area contributed by atoms with Crippen LogP contribution in [0.5, 0.6) is 5.75 Å². The first-order valence-corrected chi connectivity index (χ1v) is 10.1. The zero-order valence-corrected chi connectivity index (χ0v) is 17.4. The number of rotatable bonds is 5. The average molecular weight is 425 g/mol. The van der Waals surface area contributed by atoms with E-state index in [0.717, 1.165) is 11.4 Å². The summed E-state index contributed by atoms with van der Waals surface area (Å²) < 4.78 is 24.1. The van der Waals surface area contributed by atoms with Crippen molar-refractivity contribution in [3.05, 3.63) is 65.7 Å². The molecule has 2 heterocycles. The summed E-state index contributed by atoms with van der Waals surface area (Å²) >= 11 is 0. The number of piperazine rings is 1. The molecule has 3 aromatic rings. The molecule has 1 aromatic heterocycles. The number of carbonyl (C=O) groups is 1. The van der Waals surface area contributed by atoms with E-state index in [1.165, 1.54) is 31.2 Å². The molecule has 1 amide bonds. The van der Waals surface area contributed by atoms with Crippen LogP contribution in [0, 0.1) is 5.82 Å². The number of nitrogens with zero attached hydrogens (tertiary/aromatic N) is 3. The highest BCUT2D eigenvalue weighted by Crippen LogP contribution is 2.32. The number of aliphatic hydroxyl groups excluding tert-OH is 1. The molecule has 1 aliphatic heterocycles. The van der Waals surface area contributed by atoms with E-state index in [1.54, 1.807) is 12.0 Å². The number of amides is 1. The second kappa shape index (κ2) is 8.77. The molecule has 0 radical (unpaired) electrons. The summed E-state index contributed by atoms with van der Waals surface area (Å²) in [4.78, 5) is 17.3. The highest BCUT2D eigenvalue weighted by Gasteiger charge is 2.32. The van der Waals surface area contributed by atoms with Crippen molar-refractivity contribution in [1.29, 1.82) is 0 Å². The lowest BCUT2D eigenvalue weighted by molar-refractivity contribution is 0.0735. The minimum atomic E-state index is -1.00. The van der Waals surface area contributed by atoms with Crippen LogP contribution in [0.25, 0.3) is 11.3 Å². The first kappa shape index (κ1) is 20.9. The number of hydrogen-bond donors (Lipinski definition) is 1. The van der Waals surface area contributed by atoms with Gasteiger partial charge in [-0.25, -0.2) is 4.39 Å². The van der Waals surface area contributed by atoms with Gasteiger partial charge in [0.25, 0.3) is 5.91 Å². The van der Waals surface area contributed by atoms with Crippen LogP contribution < -0.4 is 9.64 Å². The summed E-state index contributed by atoms with van der Waals surface area (Å²) in [5, 5.41) is 14.1. The zero-order valence-electron chi connectivity index (χ0n) is 17.4. The van der Waals surface area contributed by atoms with Crippen LogP contribution in [0.3, 0.4) is 0 Å². The Morgan fingerprint density at radius 2 is 1.81 bits per heavy atom. The lowest BCUT2D eigenvalue weighted by Crippen LogP contribution is -2.49. The smallest absolute Gasteiger partial charge is 0.259 e. The fourth-order valence-electron chi connectivity index (χ4n) is 3.80. The summed E-state index contributed by atoms with van der Waals surface area (Å²) in [7, 11) is 1.64. The molecular formula is C23H24FN3O4. The lowest BCUT2D eigenvalue weighted by Gasteiger charge is -2.36. The van der Waals surface area contributed by atoms with Crippen molar-refractivity contribution >= 4 is 11.6 Å². The van der Waals surface area contributed by atoms with E-state index in [0.29, 0.717) is 37.4 Å². The topological polar surface area (TPSA) is 79.0 Å². The number of benzene rings is 2. The van der Waals surface area contributed by atoms with E-state index in [1.807, 2.05) is 24.3 Å². The van der Waals surface area contributed by atoms with Gasteiger partial charge in [-0.15, -0.1) is 0 Å². The fourth-order valence-corrected chi connectivity index (χ4v) is 3.80. The minimum absolute atomic E-state index is 0.108. The van der Waals surface area contributed by atoms with Crippen molar-refractivity contribution in [2.24, 2.45) is 0 Å². The molecule has 0 saturated carbocycles. The van der Waals surface area contributed by atoms with Crippen molar-refractivity contribution in [3.63, 3.8) is 0 Å².